The largest absolute Gasteiger partial charge is 0.348 e. The van der Waals surface area contributed by atoms with Crippen molar-refractivity contribution in [2.24, 2.45) is 0 Å². The van der Waals surface area contributed by atoms with Crippen LogP contribution in [0.4, 0.5) is 0 Å². The minimum Gasteiger partial charge on any atom is -0.348 e. The molecule has 0 aromatic carbocycles. The summed E-state index contributed by atoms with van der Waals surface area (Å²) in [5, 5.41) is 0. The summed E-state index contributed by atoms with van der Waals surface area (Å²) in [5.41, 5.74) is 22.2. The van der Waals surface area contributed by atoms with Crippen LogP contribution in [0.15, 0.2) is 0 Å². The van der Waals surface area contributed by atoms with Crippen molar-refractivity contribution in [3.05, 3.63) is 73.1 Å². The number of nitrogens with zero attached hydrogens (tertiary/aromatic N) is 3. The van der Waals surface area contributed by atoms with Gasteiger partial charge in [0.1, 0.15) is 0 Å². The van der Waals surface area contributed by atoms with Crippen LogP contribution in [-0.4, -0.2) is 14.1 Å². The summed E-state index contributed by atoms with van der Waals surface area (Å²) in [6.45, 7) is 11.3. The fourth-order valence-electron chi connectivity index (χ4n) is 11.8. The minimum absolute atomic E-state index is 0.655. The van der Waals surface area contributed by atoms with E-state index in [1.807, 2.05) is 11.1 Å². The number of fused-ring (bicyclic) bond motifs is 8. The Morgan fingerprint density at radius 3 is 2.09 bits per heavy atom. The van der Waals surface area contributed by atoms with Gasteiger partial charge in [0, 0.05) is 46.8 Å². The Kier molecular flexibility index (Phi) is 6.36. The summed E-state index contributed by atoms with van der Waals surface area (Å²) in [4.78, 5) is 5.19. The molecule has 3 nitrogen and oxygen atoms in total. The maximum absolute atomic E-state index is 5.19. The van der Waals surface area contributed by atoms with Crippen LogP contribution >= 0.6 is 0 Å². The molecule has 43 heavy (non-hydrogen) atoms. The van der Waals surface area contributed by atoms with Gasteiger partial charge in [0.25, 0.3) is 0 Å². The molecule has 0 radical (unpaired) electrons. The molecule has 4 atom stereocenters. The van der Waals surface area contributed by atoms with Gasteiger partial charge in [-0.05, 0) is 172 Å². The molecule has 9 rings (SSSR count). The first kappa shape index (κ1) is 27.1. The molecule has 0 bridgehead atoms. The lowest BCUT2D eigenvalue weighted by Crippen LogP contribution is -2.14. The smallest absolute Gasteiger partial charge is 0.0442 e. The Bertz CT molecular complexity index is 1580. The molecule has 0 spiro atoms. The topological polar surface area (TPSA) is 22.8 Å². The van der Waals surface area contributed by atoms with Gasteiger partial charge >= 0.3 is 0 Å². The molecule has 0 amide bonds. The monoisotopic (exact) mass is 575 g/mol. The zero-order valence-electron chi connectivity index (χ0n) is 27.5. The molecule has 2 aliphatic heterocycles. The second kappa shape index (κ2) is 10.1. The zero-order valence-corrected chi connectivity index (χ0v) is 27.5. The molecule has 6 aliphatic rings. The van der Waals surface area contributed by atoms with Crippen molar-refractivity contribution in [3.63, 3.8) is 0 Å². The van der Waals surface area contributed by atoms with E-state index < -0.39 is 0 Å². The van der Waals surface area contributed by atoms with Gasteiger partial charge in [-0.15, -0.1) is 0 Å². The highest BCUT2D eigenvalue weighted by atomic mass is 15.1. The van der Waals surface area contributed by atoms with Gasteiger partial charge in [-0.2, -0.15) is 0 Å². The van der Waals surface area contributed by atoms with Gasteiger partial charge in [-0.25, -0.2) is 0 Å². The molecule has 4 aliphatic carbocycles. The second-order valence-corrected chi connectivity index (χ2v) is 15.9. The predicted molar refractivity (Wildman–Crippen MR) is 176 cm³/mol. The molecular formula is C40H53N3. The van der Waals surface area contributed by atoms with Gasteiger partial charge in [-0.3, -0.25) is 4.98 Å². The second-order valence-electron chi connectivity index (χ2n) is 15.9. The average molecular weight is 576 g/mol. The van der Waals surface area contributed by atoms with E-state index in [4.69, 9.17) is 4.98 Å². The number of rotatable bonds is 7. The molecule has 5 heterocycles. The molecule has 228 valence electrons. The number of aryl methyl sites for hydroxylation is 2. The molecule has 0 fully saturated rings. The molecule has 0 N–H and O–H groups in total. The van der Waals surface area contributed by atoms with E-state index in [0.717, 1.165) is 5.92 Å². The Balaban J connectivity index is 1.02. The van der Waals surface area contributed by atoms with Gasteiger partial charge in [0.05, 0.1) is 0 Å². The highest BCUT2D eigenvalue weighted by molar-refractivity contribution is 5.50. The van der Waals surface area contributed by atoms with Crippen molar-refractivity contribution < 1.29 is 0 Å². The van der Waals surface area contributed by atoms with Crippen LogP contribution < -0.4 is 0 Å². The quantitative estimate of drug-likeness (QED) is 0.275. The number of hydrogen-bond donors (Lipinski definition) is 0. The third-order valence-electron chi connectivity index (χ3n) is 13.1. The van der Waals surface area contributed by atoms with Crippen LogP contribution in [0, 0.1) is 0 Å². The molecule has 4 unspecified atom stereocenters. The highest BCUT2D eigenvalue weighted by Gasteiger charge is 2.40. The molecule has 0 saturated carbocycles. The van der Waals surface area contributed by atoms with E-state index in [2.05, 4.69) is 36.8 Å². The summed E-state index contributed by atoms with van der Waals surface area (Å²) >= 11 is 0. The lowest BCUT2D eigenvalue weighted by Gasteiger charge is -2.25. The normalized spacial score (nSPS) is 24.4. The first-order valence-corrected chi connectivity index (χ1v) is 18.5. The third kappa shape index (κ3) is 3.94. The van der Waals surface area contributed by atoms with Crippen molar-refractivity contribution in [1.82, 2.24) is 14.1 Å². The first-order chi connectivity index (χ1) is 21.0. The standard InChI is InChI=1S/C40H53N3/c1-23(2)40-31-18-16-26(39(31)35-15-8-20-42(35)40)21-24(3)38-30-11-7-14-34(30)43-27(17-19-36(38)43)22-25(4)37-28-9-5-12-32(28)41-33-13-6-10-29(33)37/h23-27H,5-22H2,1-4H3. The summed E-state index contributed by atoms with van der Waals surface area (Å²) in [5.74, 6) is 2.77. The number of hydrogen-bond acceptors (Lipinski definition) is 1. The van der Waals surface area contributed by atoms with Crippen molar-refractivity contribution >= 4 is 0 Å². The Hall–Kier alpha value is -2.29. The molecule has 0 saturated heterocycles. The Morgan fingerprint density at radius 2 is 1.33 bits per heavy atom. The van der Waals surface area contributed by atoms with Gasteiger partial charge in [0.2, 0.25) is 0 Å². The highest BCUT2D eigenvalue weighted by Crippen LogP contribution is 2.51. The van der Waals surface area contributed by atoms with Crippen LogP contribution in [0.5, 0.6) is 0 Å². The zero-order chi connectivity index (χ0) is 29.0. The molecule has 3 heteroatoms. The average Bonchev–Trinajstić information content (AvgIpc) is 3.79. The lowest BCUT2D eigenvalue weighted by molar-refractivity contribution is 0.440. The number of aromatic nitrogens is 3. The van der Waals surface area contributed by atoms with Gasteiger partial charge in [0.15, 0.2) is 0 Å². The van der Waals surface area contributed by atoms with E-state index in [1.165, 1.54) is 127 Å². The first-order valence-electron chi connectivity index (χ1n) is 18.5. The van der Waals surface area contributed by atoms with Gasteiger partial charge < -0.3 is 9.13 Å². The summed E-state index contributed by atoms with van der Waals surface area (Å²) in [7, 11) is 0. The van der Waals surface area contributed by atoms with Crippen LogP contribution in [-0.2, 0) is 64.3 Å². The van der Waals surface area contributed by atoms with Crippen molar-refractivity contribution in [1.29, 1.82) is 0 Å². The Morgan fingerprint density at radius 1 is 0.628 bits per heavy atom. The maximum Gasteiger partial charge on any atom is 0.0442 e. The van der Waals surface area contributed by atoms with E-state index in [-0.39, 0.29) is 0 Å². The SMILES string of the molecule is CC(C)c1c2c(c3n1CCC3)C(CC(C)c1c3c(n4c1CCC4CC(C)c1c4c(nc5c1CCC5)CCC4)CCC3)CC2. The van der Waals surface area contributed by atoms with Gasteiger partial charge in [-0.1, -0.05) is 27.7 Å². The van der Waals surface area contributed by atoms with Crippen molar-refractivity contribution in [3.8, 4) is 0 Å². The lowest BCUT2D eigenvalue weighted by atomic mass is 9.84. The van der Waals surface area contributed by atoms with Crippen LogP contribution in [0.25, 0.3) is 0 Å². The van der Waals surface area contributed by atoms with Crippen molar-refractivity contribution in [2.45, 2.75) is 173 Å². The number of pyridine rings is 1. The van der Waals surface area contributed by atoms with E-state index >= 15 is 0 Å². The Labute approximate surface area is 259 Å². The minimum atomic E-state index is 0.655. The van der Waals surface area contributed by atoms with E-state index in [9.17, 15) is 0 Å². The summed E-state index contributed by atoms with van der Waals surface area (Å²) in [6, 6.07) is 0.696. The third-order valence-corrected chi connectivity index (χ3v) is 13.1. The van der Waals surface area contributed by atoms with Crippen LogP contribution in [0.1, 0.15) is 182 Å². The van der Waals surface area contributed by atoms with Crippen LogP contribution in [0.3, 0.4) is 0 Å². The molecular weight excluding hydrogens is 522 g/mol. The molecule has 3 aromatic heterocycles. The fourth-order valence-corrected chi connectivity index (χ4v) is 11.8. The van der Waals surface area contributed by atoms with Crippen LogP contribution in [0.2, 0.25) is 0 Å². The maximum atomic E-state index is 5.19. The van der Waals surface area contributed by atoms with E-state index in [1.54, 1.807) is 50.6 Å². The summed E-state index contributed by atoms with van der Waals surface area (Å²) in [6.07, 6.45) is 22.4. The van der Waals surface area contributed by atoms with E-state index in [0.29, 0.717) is 23.8 Å². The summed E-state index contributed by atoms with van der Waals surface area (Å²) < 4.78 is 5.72. The molecule has 3 aromatic rings. The fraction of sp³-hybridized carbons (Fsp3) is 0.675. The van der Waals surface area contributed by atoms with Crippen molar-refractivity contribution in [2.75, 3.05) is 0 Å². The predicted octanol–water partition coefficient (Wildman–Crippen LogP) is 9.13.